The lowest BCUT2D eigenvalue weighted by Gasteiger charge is -2.32. The monoisotopic (exact) mass is 276 g/mol. The minimum atomic E-state index is -3.84. The average Bonchev–Trinajstić information content (AvgIpc) is 2.29. The third-order valence-electron chi connectivity index (χ3n) is 2.45. The Morgan fingerprint density at radius 3 is 2.50 bits per heavy atom. The number of amides is 1. The van der Waals surface area contributed by atoms with Gasteiger partial charge in [-0.05, 0) is 6.92 Å². The molecule has 0 aromatic carbocycles. The van der Waals surface area contributed by atoms with Gasteiger partial charge in [-0.25, -0.2) is 9.52 Å². The van der Waals surface area contributed by atoms with Crippen LogP contribution in [0.25, 0.3) is 0 Å². The van der Waals surface area contributed by atoms with Gasteiger partial charge >= 0.3 is 16.3 Å². The Morgan fingerprint density at radius 1 is 1.39 bits per heavy atom. The molecule has 0 bridgehead atoms. The molecule has 102 valence electrons. The maximum absolute atomic E-state index is 11.8. The van der Waals surface area contributed by atoms with Crippen molar-refractivity contribution in [1.82, 2.24) is 13.9 Å². The number of hydrogen-bond donors (Lipinski definition) is 1. The minimum absolute atomic E-state index is 0.108. The van der Waals surface area contributed by atoms with Gasteiger partial charge in [-0.1, -0.05) is 0 Å². The molecule has 1 amide bonds. The number of ether oxygens (including phenoxy) is 1. The molecule has 9 heteroatoms. The Kier molecular flexibility index (Phi) is 5.33. The molecule has 0 radical (unpaired) electrons. The lowest BCUT2D eigenvalue weighted by molar-refractivity contribution is 0.156. The van der Waals surface area contributed by atoms with Crippen LogP contribution in [0.4, 0.5) is 4.79 Å². The minimum Gasteiger partial charge on any atom is -0.449 e. The maximum atomic E-state index is 11.8. The third-order valence-corrected chi connectivity index (χ3v) is 3.92. The van der Waals surface area contributed by atoms with E-state index in [1.165, 1.54) is 0 Å². The zero-order valence-electron chi connectivity index (χ0n) is 10.1. The second-order valence-corrected chi connectivity index (χ2v) is 5.33. The van der Waals surface area contributed by atoms with Gasteiger partial charge in [0.05, 0.1) is 19.2 Å². The molecule has 1 heterocycles. The first-order valence-corrected chi connectivity index (χ1v) is 6.97. The summed E-state index contributed by atoms with van der Waals surface area (Å²) in [5.41, 5.74) is 0. The second-order valence-electron chi connectivity index (χ2n) is 3.66. The van der Waals surface area contributed by atoms with Crippen molar-refractivity contribution in [3.8, 4) is 6.07 Å². The number of rotatable bonds is 4. The fraction of sp³-hybridized carbons (Fsp3) is 0.778. The number of hydrogen-bond acceptors (Lipinski definition) is 6. The highest BCUT2D eigenvalue weighted by atomic mass is 32.2. The van der Waals surface area contributed by atoms with Gasteiger partial charge in [0.1, 0.15) is 0 Å². The summed E-state index contributed by atoms with van der Waals surface area (Å²) in [6.45, 7) is 3.41. The zero-order chi connectivity index (χ0) is 13.6. The van der Waals surface area contributed by atoms with Gasteiger partial charge in [0, 0.05) is 26.2 Å². The van der Waals surface area contributed by atoms with Gasteiger partial charge in [0.15, 0.2) is 0 Å². The van der Waals surface area contributed by atoms with Crippen LogP contribution in [0.1, 0.15) is 6.92 Å². The molecule has 1 fully saturated rings. The van der Waals surface area contributed by atoms with Crippen LogP contribution < -0.4 is 4.72 Å². The molecule has 1 saturated heterocycles. The smallest absolute Gasteiger partial charge is 0.421 e. The molecule has 0 aliphatic carbocycles. The van der Waals surface area contributed by atoms with Crippen molar-refractivity contribution in [1.29, 1.82) is 5.26 Å². The molecule has 0 saturated carbocycles. The lowest BCUT2D eigenvalue weighted by Crippen LogP contribution is -2.52. The van der Waals surface area contributed by atoms with Crippen LogP contribution in [-0.4, -0.2) is 63.0 Å². The molecular weight excluding hydrogens is 260 g/mol. The van der Waals surface area contributed by atoms with Crippen molar-refractivity contribution in [3.63, 3.8) is 0 Å². The standard InChI is InChI=1S/C9H16N4O4S/c1-2-17-9(14)11-18(15,16)13-7-5-12(4-3-10)6-8-13/h2,4-8H2,1H3,(H,11,14). The number of nitriles is 1. The molecule has 0 atom stereocenters. The van der Waals surface area contributed by atoms with E-state index in [9.17, 15) is 13.2 Å². The van der Waals surface area contributed by atoms with E-state index in [1.54, 1.807) is 6.92 Å². The van der Waals surface area contributed by atoms with Crippen LogP contribution in [0, 0.1) is 11.3 Å². The van der Waals surface area contributed by atoms with Crippen molar-refractivity contribution >= 4 is 16.3 Å². The Bertz CT molecular complexity index is 422. The van der Waals surface area contributed by atoms with E-state index in [4.69, 9.17) is 5.26 Å². The Hall–Kier alpha value is -1.37. The van der Waals surface area contributed by atoms with Crippen LogP contribution in [0.15, 0.2) is 0 Å². The van der Waals surface area contributed by atoms with Crippen molar-refractivity contribution < 1.29 is 17.9 Å². The number of piperazine rings is 1. The Labute approximate surface area is 106 Å². The summed E-state index contributed by atoms with van der Waals surface area (Å²) < 4.78 is 31.0. The highest BCUT2D eigenvalue weighted by molar-refractivity contribution is 7.87. The van der Waals surface area contributed by atoms with E-state index in [1.807, 2.05) is 15.7 Å². The number of nitrogens with one attached hydrogen (secondary N) is 1. The highest BCUT2D eigenvalue weighted by Crippen LogP contribution is 2.05. The molecular formula is C9H16N4O4S. The predicted octanol–water partition coefficient (Wildman–Crippen LogP) is -0.882. The summed E-state index contributed by atoms with van der Waals surface area (Å²) in [4.78, 5) is 12.9. The largest absolute Gasteiger partial charge is 0.449 e. The van der Waals surface area contributed by atoms with Gasteiger partial charge < -0.3 is 4.74 Å². The summed E-state index contributed by atoms with van der Waals surface area (Å²) >= 11 is 0. The van der Waals surface area contributed by atoms with E-state index in [0.717, 1.165) is 4.31 Å². The van der Waals surface area contributed by atoms with Crippen LogP contribution >= 0.6 is 0 Å². The van der Waals surface area contributed by atoms with Crippen molar-refractivity contribution in [3.05, 3.63) is 0 Å². The average molecular weight is 276 g/mol. The predicted molar refractivity (Wildman–Crippen MR) is 62.7 cm³/mol. The molecule has 18 heavy (non-hydrogen) atoms. The van der Waals surface area contributed by atoms with Crippen LogP contribution in [0.2, 0.25) is 0 Å². The van der Waals surface area contributed by atoms with Crippen molar-refractivity contribution in [2.24, 2.45) is 0 Å². The Morgan fingerprint density at radius 2 is 2.00 bits per heavy atom. The topological polar surface area (TPSA) is 103 Å². The first-order valence-electron chi connectivity index (χ1n) is 5.53. The highest BCUT2D eigenvalue weighted by Gasteiger charge is 2.28. The van der Waals surface area contributed by atoms with Gasteiger partial charge in [-0.2, -0.15) is 18.0 Å². The lowest BCUT2D eigenvalue weighted by atomic mass is 10.4. The maximum Gasteiger partial charge on any atom is 0.421 e. The number of carbonyl (C=O) groups excluding carboxylic acids is 1. The van der Waals surface area contributed by atoms with E-state index in [-0.39, 0.29) is 26.2 Å². The quantitative estimate of drug-likeness (QED) is 0.669. The molecule has 1 aliphatic heterocycles. The first kappa shape index (κ1) is 14.7. The van der Waals surface area contributed by atoms with Crippen molar-refractivity contribution in [2.45, 2.75) is 6.92 Å². The van der Waals surface area contributed by atoms with Gasteiger partial charge in [-0.15, -0.1) is 0 Å². The molecule has 1 rings (SSSR count). The normalized spacial score (nSPS) is 18.0. The van der Waals surface area contributed by atoms with Gasteiger partial charge in [0.2, 0.25) is 0 Å². The summed E-state index contributed by atoms with van der Waals surface area (Å²) in [5, 5.41) is 8.53. The van der Waals surface area contributed by atoms with Crippen LogP contribution in [-0.2, 0) is 14.9 Å². The van der Waals surface area contributed by atoms with E-state index in [0.29, 0.717) is 13.1 Å². The molecule has 1 N–H and O–H groups in total. The van der Waals surface area contributed by atoms with E-state index >= 15 is 0 Å². The molecule has 0 spiro atoms. The SMILES string of the molecule is CCOC(=O)NS(=O)(=O)N1CCN(CC#N)CC1. The zero-order valence-corrected chi connectivity index (χ0v) is 10.9. The van der Waals surface area contributed by atoms with Gasteiger partial charge in [0.25, 0.3) is 0 Å². The summed E-state index contributed by atoms with van der Waals surface area (Å²) in [6, 6.07) is 2.01. The van der Waals surface area contributed by atoms with E-state index < -0.39 is 16.3 Å². The van der Waals surface area contributed by atoms with Crippen LogP contribution in [0.3, 0.4) is 0 Å². The summed E-state index contributed by atoms with van der Waals surface area (Å²) in [7, 11) is -3.84. The molecule has 1 aliphatic rings. The van der Waals surface area contributed by atoms with Gasteiger partial charge in [-0.3, -0.25) is 4.90 Å². The third kappa shape index (κ3) is 4.14. The fourth-order valence-corrected chi connectivity index (χ4v) is 2.60. The summed E-state index contributed by atoms with van der Waals surface area (Å²) in [6.07, 6.45) is -0.975. The molecule has 0 unspecified atom stereocenters. The van der Waals surface area contributed by atoms with E-state index in [2.05, 4.69) is 4.74 Å². The molecule has 8 nitrogen and oxygen atoms in total. The Balaban J connectivity index is 2.51. The number of carbonyl (C=O) groups is 1. The molecule has 0 aromatic heterocycles. The van der Waals surface area contributed by atoms with Crippen LogP contribution in [0.5, 0.6) is 0 Å². The molecule has 0 aromatic rings. The number of nitrogens with zero attached hydrogens (tertiary/aromatic N) is 3. The second kappa shape index (κ2) is 6.53. The summed E-state index contributed by atoms with van der Waals surface area (Å²) in [5.74, 6) is 0. The first-order chi connectivity index (χ1) is 8.49. The van der Waals surface area contributed by atoms with Crippen molar-refractivity contribution in [2.75, 3.05) is 39.3 Å². The fourth-order valence-electron chi connectivity index (χ4n) is 1.56.